The van der Waals surface area contributed by atoms with Crippen molar-refractivity contribution in [2.75, 3.05) is 47.5 Å². The number of amides is 1. The van der Waals surface area contributed by atoms with Crippen LogP contribution in [0.5, 0.6) is 17.2 Å². The average Bonchev–Trinajstić information content (AvgIpc) is 3.03. The van der Waals surface area contributed by atoms with Gasteiger partial charge in [0.05, 0.1) is 21.3 Å². The Hall–Kier alpha value is -1.95. The second-order valence-corrected chi connectivity index (χ2v) is 8.52. The van der Waals surface area contributed by atoms with Gasteiger partial charge < -0.3 is 24.0 Å². The van der Waals surface area contributed by atoms with Crippen molar-refractivity contribution in [1.29, 1.82) is 0 Å². The molecule has 170 valence electrons. The van der Waals surface area contributed by atoms with Crippen LogP contribution in [0, 0.1) is 5.41 Å². The lowest BCUT2D eigenvalue weighted by atomic mass is 9.85. The van der Waals surface area contributed by atoms with Gasteiger partial charge in [0, 0.05) is 18.5 Å². The summed E-state index contributed by atoms with van der Waals surface area (Å²) in [6, 6.07) is 3.86. The molecule has 0 aromatic heterocycles. The van der Waals surface area contributed by atoms with Crippen molar-refractivity contribution in [2.45, 2.75) is 59.4 Å². The van der Waals surface area contributed by atoms with Crippen molar-refractivity contribution < 1.29 is 19.0 Å². The SMILES string of the molecule is CCCCN(CCC)CCC1(C)CCN(Cc2cc(OC)c(OC)c(OC)c2)C1=O. The van der Waals surface area contributed by atoms with Crippen molar-refractivity contribution >= 4 is 5.91 Å². The van der Waals surface area contributed by atoms with Crippen LogP contribution in [0.15, 0.2) is 12.1 Å². The standard InChI is InChI=1S/C24H40N2O4/c1-7-9-13-25(12-8-2)14-10-24(3)11-15-26(23(24)27)18-19-16-20(28-4)22(30-6)21(17-19)29-5/h16-17H,7-15,18H2,1-6H3. The van der Waals surface area contributed by atoms with E-state index in [0.29, 0.717) is 23.8 Å². The van der Waals surface area contributed by atoms with Crippen LogP contribution in [-0.4, -0.2) is 63.2 Å². The van der Waals surface area contributed by atoms with Gasteiger partial charge in [-0.25, -0.2) is 0 Å². The molecule has 1 unspecified atom stereocenters. The summed E-state index contributed by atoms with van der Waals surface area (Å²) in [7, 11) is 4.82. The fraction of sp³-hybridized carbons (Fsp3) is 0.708. The van der Waals surface area contributed by atoms with E-state index < -0.39 is 0 Å². The molecule has 0 spiro atoms. The molecule has 0 bridgehead atoms. The van der Waals surface area contributed by atoms with Crippen molar-refractivity contribution in [3.63, 3.8) is 0 Å². The van der Waals surface area contributed by atoms with Crippen LogP contribution >= 0.6 is 0 Å². The van der Waals surface area contributed by atoms with Gasteiger partial charge in [-0.1, -0.05) is 27.2 Å². The summed E-state index contributed by atoms with van der Waals surface area (Å²) in [6.45, 7) is 11.2. The highest BCUT2D eigenvalue weighted by Gasteiger charge is 2.42. The number of likely N-dealkylation sites (tertiary alicyclic amines) is 1. The van der Waals surface area contributed by atoms with Crippen molar-refractivity contribution in [3.05, 3.63) is 17.7 Å². The van der Waals surface area contributed by atoms with Crippen LogP contribution in [0.25, 0.3) is 0 Å². The molecule has 1 aromatic rings. The molecule has 1 aliphatic rings. The Balaban J connectivity index is 2.05. The topological polar surface area (TPSA) is 51.2 Å². The van der Waals surface area contributed by atoms with Crippen LogP contribution in [0.2, 0.25) is 0 Å². The lowest BCUT2D eigenvalue weighted by molar-refractivity contribution is -0.136. The molecule has 1 aliphatic heterocycles. The summed E-state index contributed by atoms with van der Waals surface area (Å²) in [5.74, 6) is 2.06. The second-order valence-electron chi connectivity index (χ2n) is 8.52. The molecule has 1 heterocycles. The number of unbranched alkanes of at least 4 members (excludes halogenated alkanes) is 1. The Morgan fingerprint density at radius 1 is 1.00 bits per heavy atom. The van der Waals surface area contributed by atoms with Crippen LogP contribution in [0.4, 0.5) is 0 Å². The van der Waals surface area contributed by atoms with E-state index in [9.17, 15) is 4.79 Å². The largest absolute Gasteiger partial charge is 0.493 e. The van der Waals surface area contributed by atoms with Crippen LogP contribution in [0.1, 0.15) is 58.4 Å². The maximum absolute atomic E-state index is 13.3. The summed E-state index contributed by atoms with van der Waals surface area (Å²) in [4.78, 5) is 17.8. The first-order valence-corrected chi connectivity index (χ1v) is 11.2. The molecule has 2 rings (SSSR count). The third-order valence-corrected chi connectivity index (χ3v) is 6.18. The Bertz CT molecular complexity index is 669. The van der Waals surface area contributed by atoms with Crippen molar-refractivity contribution in [3.8, 4) is 17.2 Å². The molecule has 1 aromatic carbocycles. The van der Waals surface area contributed by atoms with E-state index in [2.05, 4.69) is 25.7 Å². The fourth-order valence-corrected chi connectivity index (χ4v) is 4.24. The van der Waals surface area contributed by atoms with Crippen molar-refractivity contribution in [1.82, 2.24) is 9.80 Å². The number of ether oxygens (including phenoxy) is 3. The molecule has 1 saturated heterocycles. The minimum Gasteiger partial charge on any atom is -0.493 e. The van der Waals surface area contributed by atoms with E-state index >= 15 is 0 Å². The van der Waals surface area contributed by atoms with Crippen molar-refractivity contribution in [2.24, 2.45) is 5.41 Å². The molecule has 0 aliphatic carbocycles. The second kappa shape index (κ2) is 11.4. The monoisotopic (exact) mass is 420 g/mol. The molecule has 0 N–H and O–H groups in total. The van der Waals surface area contributed by atoms with E-state index in [1.165, 1.54) is 12.8 Å². The number of benzene rings is 1. The Kier molecular flexibility index (Phi) is 9.28. The third-order valence-electron chi connectivity index (χ3n) is 6.18. The lowest BCUT2D eigenvalue weighted by Crippen LogP contribution is -2.36. The number of hydrogen-bond acceptors (Lipinski definition) is 5. The van der Waals surface area contributed by atoms with Crippen LogP contribution < -0.4 is 14.2 Å². The summed E-state index contributed by atoms with van der Waals surface area (Å²) in [5.41, 5.74) is 0.705. The summed E-state index contributed by atoms with van der Waals surface area (Å²) in [5, 5.41) is 0. The zero-order valence-corrected chi connectivity index (χ0v) is 19.8. The van der Waals surface area contributed by atoms with Gasteiger partial charge in [0.2, 0.25) is 11.7 Å². The molecule has 30 heavy (non-hydrogen) atoms. The van der Waals surface area contributed by atoms with Gasteiger partial charge in [0.1, 0.15) is 0 Å². The number of carbonyl (C=O) groups is 1. The Morgan fingerprint density at radius 3 is 2.20 bits per heavy atom. The van der Waals surface area contributed by atoms with Gasteiger partial charge in [-0.2, -0.15) is 0 Å². The number of hydrogen-bond donors (Lipinski definition) is 0. The molecule has 6 heteroatoms. The van der Waals surface area contributed by atoms with Gasteiger partial charge in [0.15, 0.2) is 11.5 Å². The highest BCUT2D eigenvalue weighted by Crippen LogP contribution is 2.40. The number of nitrogens with zero attached hydrogens (tertiary/aromatic N) is 2. The Morgan fingerprint density at radius 2 is 1.67 bits per heavy atom. The molecule has 6 nitrogen and oxygen atoms in total. The average molecular weight is 421 g/mol. The smallest absolute Gasteiger partial charge is 0.228 e. The van der Waals surface area contributed by atoms with E-state index in [4.69, 9.17) is 14.2 Å². The van der Waals surface area contributed by atoms with Gasteiger partial charge in [-0.3, -0.25) is 4.79 Å². The summed E-state index contributed by atoms with van der Waals surface area (Å²) in [6.07, 6.45) is 5.41. The summed E-state index contributed by atoms with van der Waals surface area (Å²) >= 11 is 0. The van der Waals surface area contributed by atoms with Crippen LogP contribution in [0.3, 0.4) is 0 Å². The maximum Gasteiger partial charge on any atom is 0.228 e. The molecule has 1 amide bonds. The minimum atomic E-state index is -0.279. The number of rotatable bonds is 13. The zero-order valence-electron chi connectivity index (χ0n) is 19.8. The van der Waals surface area contributed by atoms with E-state index in [-0.39, 0.29) is 11.3 Å². The highest BCUT2D eigenvalue weighted by atomic mass is 16.5. The Labute approximate surface area is 182 Å². The first-order valence-electron chi connectivity index (χ1n) is 11.2. The molecule has 1 fully saturated rings. The number of methoxy groups -OCH3 is 3. The van der Waals surface area contributed by atoms with E-state index in [1.54, 1.807) is 21.3 Å². The van der Waals surface area contributed by atoms with E-state index in [1.807, 2.05) is 17.0 Å². The molecular weight excluding hydrogens is 380 g/mol. The normalized spacial score (nSPS) is 18.9. The molecule has 1 atom stereocenters. The predicted molar refractivity (Wildman–Crippen MR) is 120 cm³/mol. The van der Waals surface area contributed by atoms with Crippen LogP contribution in [-0.2, 0) is 11.3 Å². The molecule has 0 saturated carbocycles. The minimum absolute atomic E-state index is 0.253. The number of carbonyl (C=O) groups excluding carboxylic acids is 1. The quantitative estimate of drug-likeness (QED) is 0.475. The fourth-order valence-electron chi connectivity index (χ4n) is 4.24. The predicted octanol–water partition coefficient (Wildman–Crippen LogP) is 4.35. The van der Waals surface area contributed by atoms with Gasteiger partial charge in [-0.15, -0.1) is 0 Å². The highest BCUT2D eigenvalue weighted by molar-refractivity contribution is 5.84. The lowest BCUT2D eigenvalue weighted by Gasteiger charge is -2.28. The first kappa shape index (κ1) is 24.3. The zero-order chi connectivity index (χ0) is 22.1. The molecular formula is C24H40N2O4. The maximum atomic E-state index is 13.3. The first-order chi connectivity index (χ1) is 14.4. The summed E-state index contributed by atoms with van der Waals surface area (Å²) < 4.78 is 16.3. The molecule has 0 radical (unpaired) electrons. The third kappa shape index (κ3) is 5.81. The van der Waals surface area contributed by atoms with Gasteiger partial charge in [0.25, 0.3) is 0 Å². The van der Waals surface area contributed by atoms with Gasteiger partial charge in [-0.05, 0) is 63.0 Å². The van der Waals surface area contributed by atoms with Gasteiger partial charge >= 0.3 is 0 Å². The van der Waals surface area contributed by atoms with E-state index in [0.717, 1.165) is 51.0 Å².